The molecule has 190 valence electrons. The number of hydrogen-bond acceptors (Lipinski definition) is 3. The number of para-hydroxylation sites is 1. The summed E-state index contributed by atoms with van der Waals surface area (Å²) in [4.78, 5) is 27.4. The van der Waals surface area contributed by atoms with Crippen LogP contribution in [0.25, 0.3) is 0 Å². The summed E-state index contributed by atoms with van der Waals surface area (Å²) in [6.07, 6.45) is -2.45. The van der Waals surface area contributed by atoms with Crippen molar-refractivity contribution in [2.24, 2.45) is 11.3 Å². The van der Waals surface area contributed by atoms with E-state index in [4.69, 9.17) is 11.6 Å². The van der Waals surface area contributed by atoms with Crippen molar-refractivity contribution in [1.29, 1.82) is 0 Å². The second kappa shape index (κ2) is 9.90. The molecular weight excluding hydrogens is 509 g/mol. The number of halogens is 4. The zero-order valence-corrected chi connectivity index (χ0v) is 21.6. The molecule has 4 rings (SSSR count). The van der Waals surface area contributed by atoms with Gasteiger partial charge in [-0.2, -0.15) is 13.2 Å². The summed E-state index contributed by atoms with van der Waals surface area (Å²) in [6.45, 7) is 6.50. The van der Waals surface area contributed by atoms with E-state index in [1.54, 1.807) is 18.2 Å². The summed E-state index contributed by atoms with van der Waals surface area (Å²) in [6, 6.07) is 11.3. The molecule has 2 amide bonds. The largest absolute Gasteiger partial charge is 0.418 e. The quantitative estimate of drug-likeness (QED) is 0.355. The molecule has 1 aliphatic carbocycles. The van der Waals surface area contributed by atoms with Crippen LogP contribution in [0.1, 0.15) is 63.9 Å². The van der Waals surface area contributed by atoms with Crippen LogP contribution in [0, 0.1) is 11.3 Å². The lowest BCUT2D eigenvalue weighted by atomic mass is 9.72. The summed E-state index contributed by atoms with van der Waals surface area (Å²) in [7, 11) is 0. The Morgan fingerprint density at radius 1 is 1.00 bits per heavy atom. The van der Waals surface area contributed by atoms with E-state index >= 15 is 0 Å². The third-order valence-corrected chi connectivity index (χ3v) is 7.92. The maximum absolute atomic E-state index is 13.5. The van der Waals surface area contributed by atoms with Gasteiger partial charge in [0.15, 0.2) is 0 Å². The third kappa shape index (κ3) is 5.60. The van der Waals surface area contributed by atoms with Crippen LogP contribution in [-0.4, -0.2) is 11.8 Å². The maximum Gasteiger partial charge on any atom is 0.418 e. The van der Waals surface area contributed by atoms with Crippen LogP contribution in [-0.2, 0) is 19.0 Å². The summed E-state index contributed by atoms with van der Waals surface area (Å²) < 4.78 is 40.6. The van der Waals surface area contributed by atoms with Gasteiger partial charge in [-0.25, -0.2) is 0 Å². The number of rotatable bonds is 4. The number of benzene rings is 2. The van der Waals surface area contributed by atoms with Crippen molar-refractivity contribution >= 4 is 45.4 Å². The lowest BCUT2D eigenvalue weighted by Gasteiger charge is -2.33. The SMILES string of the molecule is CC(C)(C)C1CCc2c(sc(NC(=O)c3cccc(Cl)c3)c2C(=O)Nc2ccccc2C(F)(F)F)C1. The Balaban J connectivity index is 1.72. The number of amides is 2. The molecule has 0 saturated heterocycles. The second-order valence-electron chi connectivity index (χ2n) is 9.98. The van der Waals surface area contributed by atoms with Crippen molar-refractivity contribution in [1.82, 2.24) is 0 Å². The number of thiophene rings is 1. The smallest absolute Gasteiger partial charge is 0.321 e. The van der Waals surface area contributed by atoms with Crippen molar-refractivity contribution < 1.29 is 22.8 Å². The van der Waals surface area contributed by atoms with Crippen molar-refractivity contribution in [3.05, 3.63) is 80.7 Å². The molecule has 0 fully saturated rings. The molecule has 0 bridgehead atoms. The molecule has 1 aliphatic rings. The fourth-order valence-electron chi connectivity index (χ4n) is 4.48. The topological polar surface area (TPSA) is 58.2 Å². The summed E-state index contributed by atoms with van der Waals surface area (Å²) >= 11 is 7.33. The van der Waals surface area contributed by atoms with E-state index in [2.05, 4.69) is 31.4 Å². The molecule has 36 heavy (non-hydrogen) atoms. The zero-order chi connectivity index (χ0) is 26.3. The first-order valence-electron chi connectivity index (χ1n) is 11.5. The lowest BCUT2D eigenvalue weighted by Crippen LogP contribution is -2.27. The van der Waals surface area contributed by atoms with E-state index in [0.29, 0.717) is 27.9 Å². The third-order valence-electron chi connectivity index (χ3n) is 6.51. The number of carbonyl (C=O) groups is 2. The molecule has 9 heteroatoms. The minimum Gasteiger partial charge on any atom is -0.321 e. The van der Waals surface area contributed by atoms with Crippen LogP contribution in [0.3, 0.4) is 0 Å². The minimum absolute atomic E-state index is 0.0555. The molecule has 0 saturated carbocycles. The van der Waals surface area contributed by atoms with Crippen LogP contribution >= 0.6 is 22.9 Å². The number of hydrogen-bond donors (Lipinski definition) is 2. The number of fused-ring (bicyclic) bond motifs is 1. The molecule has 2 N–H and O–H groups in total. The second-order valence-corrected chi connectivity index (χ2v) is 11.5. The van der Waals surface area contributed by atoms with Gasteiger partial charge in [-0.05, 0) is 66.5 Å². The van der Waals surface area contributed by atoms with E-state index in [0.717, 1.165) is 29.3 Å². The van der Waals surface area contributed by atoms with Gasteiger partial charge in [0, 0.05) is 15.5 Å². The Bertz CT molecular complexity index is 1310. The fraction of sp³-hybridized carbons (Fsp3) is 0.333. The minimum atomic E-state index is -4.62. The predicted octanol–water partition coefficient (Wildman–Crippen LogP) is 8.08. The van der Waals surface area contributed by atoms with Crippen molar-refractivity contribution in [2.45, 2.75) is 46.2 Å². The van der Waals surface area contributed by atoms with E-state index in [1.807, 2.05) is 0 Å². The van der Waals surface area contributed by atoms with Gasteiger partial charge in [-0.15, -0.1) is 11.3 Å². The molecule has 1 atom stereocenters. The monoisotopic (exact) mass is 534 g/mol. The number of carbonyl (C=O) groups excluding carboxylic acids is 2. The van der Waals surface area contributed by atoms with Crippen LogP contribution < -0.4 is 10.6 Å². The Kier molecular flexibility index (Phi) is 7.21. The van der Waals surface area contributed by atoms with Crippen LogP contribution in [0.2, 0.25) is 5.02 Å². The maximum atomic E-state index is 13.5. The average Bonchev–Trinajstić information content (AvgIpc) is 3.15. The van der Waals surface area contributed by atoms with Crippen molar-refractivity contribution in [3.8, 4) is 0 Å². The van der Waals surface area contributed by atoms with Crippen LogP contribution in [0.5, 0.6) is 0 Å². The number of anilines is 2. The Labute approximate surface area is 216 Å². The van der Waals surface area contributed by atoms with Gasteiger partial charge < -0.3 is 10.6 Å². The van der Waals surface area contributed by atoms with Gasteiger partial charge in [0.2, 0.25) is 0 Å². The van der Waals surface area contributed by atoms with Crippen molar-refractivity contribution in [3.63, 3.8) is 0 Å². The van der Waals surface area contributed by atoms with Crippen molar-refractivity contribution in [2.75, 3.05) is 10.6 Å². The molecular formula is C27H26ClF3N2O2S. The first-order valence-corrected chi connectivity index (χ1v) is 12.7. The highest BCUT2D eigenvalue weighted by Crippen LogP contribution is 2.45. The van der Waals surface area contributed by atoms with Gasteiger partial charge in [0.25, 0.3) is 11.8 Å². The molecule has 4 nitrogen and oxygen atoms in total. The molecule has 0 radical (unpaired) electrons. The van der Waals surface area contributed by atoms with E-state index < -0.39 is 23.6 Å². The fourth-order valence-corrected chi connectivity index (χ4v) is 5.99. The highest BCUT2D eigenvalue weighted by atomic mass is 35.5. The van der Waals surface area contributed by atoms with E-state index in [9.17, 15) is 22.8 Å². The molecule has 1 heterocycles. The highest BCUT2D eigenvalue weighted by Gasteiger charge is 2.36. The summed E-state index contributed by atoms with van der Waals surface area (Å²) in [5, 5.41) is 5.98. The standard InChI is InChI=1S/C27H26ClF3N2O2S/c1-26(2,3)16-11-12-18-21(14-16)36-25(33-23(34)15-7-6-8-17(28)13-15)22(18)24(35)32-20-10-5-4-9-19(20)27(29,30)31/h4-10,13,16H,11-12,14H2,1-3H3,(H,32,35)(H,33,34). The molecule has 2 aromatic carbocycles. The van der Waals surface area contributed by atoms with E-state index in [1.165, 1.54) is 35.6 Å². The zero-order valence-electron chi connectivity index (χ0n) is 20.1. The predicted molar refractivity (Wildman–Crippen MR) is 138 cm³/mol. The Morgan fingerprint density at radius 2 is 1.72 bits per heavy atom. The normalized spacial score (nSPS) is 15.8. The molecule has 3 aromatic rings. The molecule has 0 spiro atoms. The summed E-state index contributed by atoms with van der Waals surface area (Å²) in [5.74, 6) is -0.755. The highest BCUT2D eigenvalue weighted by molar-refractivity contribution is 7.17. The van der Waals surface area contributed by atoms with Gasteiger partial charge in [-0.1, -0.05) is 50.6 Å². The average molecular weight is 535 g/mol. The Morgan fingerprint density at radius 3 is 2.39 bits per heavy atom. The first kappa shape index (κ1) is 26.2. The lowest BCUT2D eigenvalue weighted by molar-refractivity contribution is -0.136. The number of alkyl halides is 3. The van der Waals surface area contributed by atoms with Gasteiger partial charge in [0.1, 0.15) is 5.00 Å². The first-order chi connectivity index (χ1) is 16.8. The van der Waals surface area contributed by atoms with Crippen LogP contribution in [0.15, 0.2) is 48.5 Å². The van der Waals surface area contributed by atoms with Crippen LogP contribution in [0.4, 0.5) is 23.9 Å². The molecule has 0 aliphatic heterocycles. The van der Waals surface area contributed by atoms with Gasteiger partial charge in [-0.3, -0.25) is 9.59 Å². The van der Waals surface area contributed by atoms with E-state index in [-0.39, 0.29) is 16.7 Å². The van der Waals surface area contributed by atoms with Gasteiger partial charge in [0.05, 0.1) is 16.8 Å². The Hall–Kier alpha value is -2.84. The molecule has 1 aromatic heterocycles. The van der Waals surface area contributed by atoms with Gasteiger partial charge >= 0.3 is 6.18 Å². The molecule has 1 unspecified atom stereocenters. The summed E-state index contributed by atoms with van der Waals surface area (Å²) in [5.41, 5.74) is 0.110. The number of nitrogens with one attached hydrogen (secondary N) is 2.